The molecule has 2 aliphatic rings. The molecule has 1 aliphatic carbocycles. The highest BCUT2D eigenvalue weighted by atomic mass is 35.5. The smallest absolute Gasteiger partial charge is 0.0896 e. The summed E-state index contributed by atoms with van der Waals surface area (Å²) < 4.78 is 0. The molecule has 21 heavy (non-hydrogen) atoms. The summed E-state index contributed by atoms with van der Waals surface area (Å²) in [5, 5.41) is 14.5. The van der Waals surface area contributed by atoms with E-state index < -0.39 is 5.60 Å². The molecule has 2 nitrogen and oxygen atoms in total. The van der Waals surface area contributed by atoms with E-state index in [-0.39, 0.29) is 0 Å². The third-order valence-electron chi connectivity index (χ3n) is 4.82. The van der Waals surface area contributed by atoms with Gasteiger partial charge in [0.05, 0.1) is 10.6 Å². The number of hydrogen-bond donors (Lipinski definition) is 2. The van der Waals surface area contributed by atoms with Crippen LogP contribution < -0.4 is 5.32 Å². The van der Waals surface area contributed by atoms with Crippen molar-refractivity contribution in [2.75, 3.05) is 11.9 Å². The first-order valence-electron chi connectivity index (χ1n) is 7.55. The molecule has 0 radical (unpaired) electrons. The van der Waals surface area contributed by atoms with E-state index >= 15 is 0 Å². The Kier molecular flexibility index (Phi) is 2.98. The lowest BCUT2D eigenvalue weighted by molar-refractivity contribution is -0.0387. The van der Waals surface area contributed by atoms with E-state index in [0.29, 0.717) is 0 Å². The van der Waals surface area contributed by atoms with Gasteiger partial charge in [0.25, 0.3) is 0 Å². The first-order chi connectivity index (χ1) is 10.2. The van der Waals surface area contributed by atoms with Crippen LogP contribution >= 0.6 is 11.6 Å². The Labute approximate surface area is 129 Å². The van der Waals surface area contributed by atoms with E-state index in [1.807, 2.05) is 18.2 Å². The van der Waals surface area contributed by atoms with Gasteiger partial charge >= 0.3 is 0 Å². The Balaban J connectivity index is 1.70. The topological polar surface area (TPSA) is 32.3 Å². The summed E-state index contributed by atoms with van der Waals surface area (Å²) in [6.07, 6.45) is 3.91. The van der Waals surface area contributed by atoms with Crippen molar-refractivity contribution >= 4 is 17.3 Å². The second kappa shape index (κ2) is 4.75. The van der Waals surface area contributed by atoms with Crippen LogP contribution in [0.25, 0.3) is 11.1 Å². The van der Waals surface area contributed by atoms with Gasteiger partial charge in [0, 0.05) is 17.8 Å². The summed E-state index contributed by atoms with van der Waals surface area (Å²) in [4.78, 5) is 0. The number of halogens is 1. The highest BCUT2D eigenvalue weighted by molar-refractivity contribution is 6.33. The normalized spacial score (nSPS) is 18.8. The molecule has 1 heterocycles. The zero-order chi connectivity index (χ0) is 14.4. The van der Waals surface area contributed by atoms with Gasteiger partial charge < -0.3 is 10.4 Å². The Morgan fingerprint density at radius 1 is 1.10 bits per heavy atom. The Hall–Kier alpha value is -1.51. The molecule has 0 atom stereocenters. The summed E-state index contributed by atoms with van der Waals surface area (Å²) in [5.41, 5.74) is 5.11. The molecule has 0 spiro atoms. The third kappa shape index (κ3) is 2.14. The SMILES string of the molecule is OC1(c2ccc(-c3cc4c(cc3Cl)NCC4)cc2)CCC1. The summed E-state index contributed by atoms with van der Waals surface area (Å²) >= 11 is 6.42. The molecule has 1 aliphatic heterocycles. The Morgan fingerprint density at radius 3 is 2.52 bits per heavy atom. The number of anilines is 1. The minimum Gasteiger partial charge on any atom is -0.385 e. The van der Waals surface area contributed by atoms with E-state index in [4.69, 9.17) is 11.6 Å². The quantitative estimate of drug-likeness (QED) is 0.864. The first-order valence-corrected chi connectivity index (χ1v) is 7.93. The van der Waals surface area contributed by atoms with Gasteiger partial charge in [0.15, 0.2) is 0 Å². The number of aliphatic hydroxyl groups is 1. The molecule has 2 N–H and O–H groups in total. The lowest BCUT2D eigenvalue weighted by atomic mass is 9.75. The lowest BCUT2D eigenvalue weighted by Gasteiger charge is -2.37. The molecule has 4 rings (SSSR count). The van der Waals surface area contributed by atoms with Crippen molar-refractivity contribution in [1.82, 2.24) is 0 Å². The second-order valence-electron chi connectivity index (χ2n) is 6.13. The van der Waals surface area contributed by atoms with Gasteiger partial charge in [-0.3, -0.25) is 0 Å². The number of nitrogens with one attached hydrogen (secondary N) is 1. The highest BCUT2D eigenvalue weighted by Gasteiger charge is 2.35. The molecular formula is C18H18ClNO. The molecule has 0 bridgehead atoms. The van der Waals surface area contributed by atoms with Crippen LogP contribution in [0.4, 0.5) is 5.69 Å². The number of rotatable bonds is 2. The summed E-state index contributed by atoms with van der Waals surface area (Å²) in [6, 6.07) is 12.4. The van der Waals surface area contributed by atoms with Crippen molar-refractivity contribution in [2.45, 2.75) is 31.3 Å². The van der Waals surface area contributed by atoms with E-state index in [1.54, 1.807) is 0 Å². The maximum absolute atomic E-state index is 10.4. The van der Waals surface area contributed by atoms with Crippen LogP contribution in [0, 0.1) is 0 Å². The molecule has 2 aromatic carbocycles. The standard InChI is InChI=1S/C18H18ClNO/c19-16-11-17-13(6-9-20-17)10-15(16)12-2-4-14(5-3-12)18(21)7-1-8-18/h2-5,10-11,20-21H,1,6-9H2. The highest BCUT2D eigenvalue weighted by Crippen LogP contribution is 2.42. The molecule has 0 amide bonds. The lowest BCUT2D eigenvalue weighted by Crippen LogP contribution is -2.33. The van der Waals surface area contributed by atoms with Gasteiger partial charge in [-0.15, -0.1) is 0 Å². The van der Waals surface area contributed by atoms with Crippen molar-refractivity contribution in [3.8, 4) is 11.1 Å². The second-order valence-corrected chi connectivity index (χ2v) is 6.54. The summed E-state index contributed by atoms with van der Waals surface area (Å²) in [7, 11) is 0. The third-order valence-corrected chi connectivity index (χ3v) is 5.13. The fourth-order valence-corrected chi connectivity index (χ4v) is 3.58. The van der Waals surface area contributed by atoms with Gasteiger partial charge in [0.2, 0.25) is 0 Å². The van der Waals surface area contributed by atoms with Crippen molar-refractivity contribution in [3.63, 3.8) is 0 Å². The van der Waals surface area contributed by atoms with Gasteiger partial charge in [-0.2, -0.15) is 0 Å². The van der Waals surface area contributed by atoms with Gasteiger partial charge in [-0.25, -0.2) is 0 Å². The van der Waals surface area contributed by atoms with Gasteiger partial charge in [-0.05, 0) is 54.5 Å². The van der Waals surface area contributed by atoms with Crippen LogP contribution in [-0.4, -0.2) is 11.7 Å². The van der Waals surface area contributed by atoms with E-state index in [1.165, 1.54) is 5.56 Å². The molecule has 3 heteroatoms. The molecule has 108 valence electrons. The number of hydrogen-bond acceptors (Lipinski definition) is 2. The average molecular weight is 300 g/mol. The minimum absolute atomic E-state index is 0.593. The van der Waals surface area contributed by atoms with E-state index in [9.17, 15) is 5.11 Å². The van der Waals surface area contributed by atoms with Crippen LogP contribution in [0.1, 0.15) is 30.4 Å². The molecule has 0 saturated heterocycles. The van der Waals surface area contributed by atoms with Crippen molar-refractivity contribution in [1.29, 1.82) is 0 Å². The molecule has 1 saturated carbocycles. The van der Waals surface area contributed by atoms with E-state index in [0.717, 1.165) is 59.6 Å². The zero-order valence-corrected chi connectivity index (χ0v) is 12.6. The predicted molar refractivity (Wildman–Crippen MR) is 86.8 cm³/mol. The molecule has 0 unspecified atom stereocenters. The predicted octanol–water partition coefficient (Wildman–Crippen LogP) is 4.35. The average Bonchev–Trinajstić information content (AvgIpc) is 2.91. The van der Waals surface area contributed by atoms with Crippen LogP contribution in [0.3, 0.4) is 0 Å². The molecule has 2 aromatic rings. The van der Waals surface area contributed by atoms with Crippen LogP contribution in [-0.2, 0) is 12.0 Å². The molecule has 0 aromatic heterocycles. The zero-order valence-electron chi connectivity index (χ0n) is 11.8. The van der Waals surface area contributed by atoms with E-state index in [2.05, 4.69) is 23.5 Å². The maximum Gasteiger partial charge on any atom is 0.0896 e. The fourth-order valence-electron chi connectivity index (χ4n) is 3.30. The summed E-state index contributed by atoms with van der Waals surface area (Å²) in [6.45, 7) is 0.987. The first kappa shape index (κ1) is 13.2. The summed E-state index contributed by atoms with van der Waals surface area (Å²) in [5.74, 6) is 0. The Morgan fingerprint density at radius 2 is 1.86 bits per heavy atom. The van der Waals surface area contributed by atoms with Gasteiger partial charge in [-0.1, -0.05) is 35.9 Å². The van der Waals surface area contributed by atoms with Gasteiger partial charge in [0.1, 0.15) is 0 Å². The largest absolute Gasteiger partial charge is 0.385 e. The Bertz CT molecular complexity index is 689. The molecule has 1 fully saturated rings. The van der Waals surface area contributed by atoms with Crippen molar-refractivity contribution in [2.24, 2.45) is 0 Å². The fraction of sp³-hybridized carbons (Fsp3) is 0.333. The van der Waals surface area contributed by atoms with Crippen LogP contribution in [0.2, 0.25) is 5.02 Å². The number of fused-ring (bicyclic) bond motifs is 1. The van der Waals surface area contributed by atoms with Crippen molar-refractivity contribution in [3.05, 3.63) is 52.5 Å². The number of benzene rings is 2. The maximum atomic E-state index is 10.4. The van der Waals surface area contributed by atoms with Crippen LogP contribution in [0.15, 0.2) is 36.4 Å². The van der Waals surface area contributed by atoms with Crippen LogP contribution in [0.5, 0.6) is 0 Å². The monoisotopic (exact) mass is 299 g/mol. The van der Waals surface area contributed by atoms with Crippen molar-refractivity contribution < 1.29 is 5.11 Å². The molecular weight excluding hydrogens is 282 g/mol. The minimum atomic E-state index is -0.593.